The van der Waals surface area contributed by atoms with E-state index in [9.17, 15) is 31.9 Å². The normalized spacial score (nSPS) is 13.5. The van der Waals surface area contributed by atoms with Gasteiger partial charge in [0.1, 0.15) is 17.1 Å². The lowest BCUT2D eigenvalue weighted by Gasteiger charge is -2.23. The lowest BCUT2D eigenvalue weighted by atomic mass is 10.1. The first-order chi connectivity index (χ1) is 15.2. The third kappa shape index (κ3) is 4.85. The average Bonchev–Trinajstić information content (AvgIpc) is 2.78. The maximum Gasteiger partial charge on any atom is 0.355 e. The van der Waals surface area contributed by atoms with Gasteiger partial charge in [-0.3, -0.25) is 9.59 Å². The summed E-state index contributed by atoms with van der Waals surface area (Å²) in [5.74, 6) is -9.47. The number of anilines is 2. The molecule has 0 aromatic heterocycles. The quantitative estimate of drug-likeness (QED) is 0.412. The van der Waals surface area contributed by atoms with Gasteiger partial charge >= 0.3 is 5.97 Å². The Labute approximate surface area is 178 Å². The fourth-order valence-corrected chi connectivity index (χ4v) is 2.71. The van der Waals surface area contributed by atoms with Crippen molar-refractivity contribution in [3.8, 4) is 5.75 Å². The molecule has 0 spiro atoms. The molecule has 12 heteroatoms. The van der Waals surface area contributed by atoms with Crippen molar-refractivity contribution in [3.05, 3.63) is 53.6 Å². The largest absolute Gasteiger partial charge is 0.497 e. The summed E-state index contributed by atoms with van der Waals surface area (Å²) in [6.07, 6.45) is -0.710. The molecule has 1 aliphatic heterocycles. The van der Waals surface area contributed by atoms with E-state index < -0.39 is 65.5 Å². The predicted octanol–water partition coefficient (Wildman–Crippen LogP) is 2.92. The van der Waals surface area contributed by atoms with E-state index in [-0.39, 0.29) is 17.5 Å². The van der Waals surface area contributed by atoms with Gasteiger partial charge in [0.15, 0.2) is 29.9 Å². The minimum Gasteiger partial charge on any atom is -0.497 e. The number of hydrogen-bond donors (Lipinski definition) is 1. The Kier molecular flexibility index (Phi) is 6.71. The number of benzene rings is 2. The van der Waals surface area contributed by atoms with Crippen molar-refractivity contribution in [2.45, 2.75) is 12.8 Å². The highest BCUT2D eigenvalue weighted by Gasteiger charge is 2.33. The highest BCUT2D eigenvalue weighted by molar-refractivity contribution is 6.38. The van der Waals surface area contributed by atoms with Gasteiger partial charge in [0.25, 0.3) is 5.91 Å². The summed E-state index contributed by atoms with van der Waals surface area (Å²) in [6.45, 7) is -0.727. The number of esters is 1. The van der Waals surface area contributed by atoms with Gasteiger partial charge in [0.2, 0.25) is 5.91 Å². The van der Waals surface area contributed by atoms with Crippen LogP contribution in [0, 0.1) is 23.3 Å². The Morgan fingerprint density at radius 3 is 2.28 bits per heavy atom. The van der Waals surface area contributed by atoms with E-state index in [1.165, 1.54) is 7.11 Å². The minimum absolute atomic E-state index is 0.0249. The van der Waals surface area contributed by atoms with Gasteiger partial charge in [-0.15, -0.1) is 0 Å². The molecular weight excluding hydrogens is 438 g/mol. The van der Waals surface area contributed by atoms with Gasteiger partial charge in [-0.05, 0) is 24.3 Å². The average molecular weight is 453 g/mol. The van der Waals surface area contributed by atoms with Crippen LogP contribution >= 0.6 is 0 Å². The molecule has 1 N–H and O–H groups in total. The van der Waals surface area contributed by atoms with Crippen LogP contribution in [-0.2, 0) is 19.1 Å². The zero-order valence-electron chi connectivity index (χ0n) is 16.5. The number of methoxy groups -OCH3 is 1. The van der Waals surface area contributed by atoms with Crippen molar-refractivity contribution >= 4 is 34.9 Å². The van der Waals surface area contributed by atoms with Crippen LogP contribution in [0.25, 0.3) is 0 Å². The summed E-state index contributed by atoms with van der Waals surface area (Å²) in [5.41, 5.74) is -1.46. The van der Waals surface area contributed by atoms with Gasteiger partial charge in [0.05, 0.1) is 7.11 Å². The van der Waals surface area contributed by atoms with Gasteiger partial charge in [-0.25, -0.2) is 22.4 Å². The number of hydrazone groups is 1. The molecule has 1 aliphatic rings. The molecule has 0 atom stereocenters. The van der Waals surface area contributed by atoms with Crippen molar-refractivity contribution in [2.24, 2.45) is 5.10 Å². The van der Waals surface area contributed by atoms with E-state index >= 15 is 0 Å². The van der Waals surface area contributed by atoms with Crippen molar-refractivity contribution < 1.29 is 41.4 Å². The van der Waals surface area contributed by atoms with Crippen molar-refractivity contribution in [2.75, 3.05) is 24.0 Å². The second-order valence-corrected chi connectivity index (χ2v) is 6.42. The Bertz CT molecular complexity index is 1080. The van der Waals surface area contributed by atoms with Crippen LogP contribution in [-0.4, -0.2) is 37.2 Å². The molecule has 0 aliphatic carbocycles. The summed E-state index contributed by atoms with van der Waals surface area (Å²) in [7, 11) is 1.48. The van der Waals surface area contributed by atoms with E-state index in [1.54, 1.807) is 24.3 Å². The molecule has 1 heterocycles. The van der Waals surface area contributed by atoms with Crippen LogP contribution in [0.3, 0.4) is 0 Å². The standard InChI is InChI=1S/C20H15F4N3O5/c1-31-11-4-2-10(3-5-11)25-15(28)9-32-20(30)14-6-7-16(29)27(26-14)19-17(23)12(21)8-13(22)18(19)24/h2-5,8H,6-7,9H2,1H3,(H,25,28). The highest BCUT2D eigenvalue weighted by atomic mass is 19.2. The molecule has 2 amide bonds. The number of carbonyl (C=O) groups excluding carboxylic acids is 3. The smallest absolute Gasteiger partial charge is 0.355 e. The molecule has 2 aromatic rings. The molecule has 0 fully saturated rings. The monoisotopic (exact) mass is 453 g/mol. The first-order valence-electron chi connectivity index (χ1n) is 9.05. The van der Waals surface area contributed by atoms with Crippen molar-refractivity contribution in [1.29, 1.82) is 0 Å². The van der Waals surface area contributed by atoms with Gasteiger partial charge < -0.3 is 14.8 Å². The number of rotatable bonds is 6. The molecule has 0 radical (unpaired) electrons. The number of hydrogen-bond acceptors (Lipinski definition) is 6. The van der Waals surface area contributed by atoms with Crippen LogP contribution in [0.2, 0.25) is 0 Å². The number of ether oxygens (including phenoxy) is 2. The second-order valence-electron chi connectivity index (χ2n) is 6.42. The Balaban J connectivity index is 1.70. The molecule has 8 nitrogen and oxygen atoms in total. The number of nitrogens with one attached hydrogen (secondary N) is 1. The van der Waals surface area contributed by atoms with E-state index in [0.29, 0.717) is 11.4 Å². The third-order valence-electron chi connectivity index (χ3n) is 4.28. The van der Waals surface area contributed by atoms with Gasteiger partial charge in [-0.2, -0.15) is 10.1 Å². The molecule has 2 aromatic carbocycles. The second kappa shape index (κ2) is 9.45. The summed E-state index contributed by atoms with van der Waals surface area (Å²) >= 11 is 0. The van der Waals surface area contributed by atoms with Gasteiger partial charge in [0, 0.05) is 24.6 Å². The van der Waals surface area contributed by atoms with E-state index in [1.807, 2.05) is 0 Å². The summed E-state index contributed by atoms with van der Waals surface area (Å²) in [4.78, 5) is 36.2. The number of carbonyl (C=O) groups is 3. The molecule has 0 saturated heterocycles. The SMILES string of the molecule is COc1ccc(NC(=O)COC(=O)C2=NN(c3c(F)c(F)cc(F)c3F)C(=O)CC2)cc1. The maximum atomic E-state index is 14.0. The minimum atomic E-state index is -1.85. The highest BCUT2D eigenvalue weighted by Crippen LogP contribution is 2.30. The summed E-state index contributed by atoms with van der Waals surface area (Å²) in [6, 6.07) is 6.26. The summed E-state index contributed by atoms with van der Waals surface area (Å²) < 4.78 is 64.8. The van der Waals surface area contributed by atoms with E-state index in [0.717, 1.165) is 0 Å². The Morgan fingerprint density at radius 1 is 1.06 bits per heavy atom. The molecular formula is C20H15F4N3O5. The summed E-state index contributed by atoms with van der Waals surface area (Å²) in [5, 5.41) is 6.01. The molecule has 0 bridgehead atoms. The first-order valence-corrected chi connectivity index (χ1v) is 9.05. The van der Waals surface area contributed by atoms with Crippen molar-refractivity contribution in [3.63, 3.8) is 0 Å². The maximum absolute atomic E-state index is 14.0. The zero-order chi connectivity index (χ0) is 23.4. The lowest BCUT2D eigenvalue weighted by molar-refractivity contribution is -0.140. The predicted molar refractivity (Wildman–Crippen MR) is 103 cm³/mol. The van der Waals surface area contributed by atoms with Crippen molar-refractivity contribution in [1.82, 2.24) is 0 Å². The first kappa shape index (κ1) is 22.7. The van der Waals surface area contributed by atoms with Gasteiger partial charge in [-0.1, -0.05) is 0 Å². The van der Waals surface area contributed by atoms with Crippen LogP contribution < -0.4 is 15.1 Å². The fourth-order valence-electron chi connectivity index (χ4n) is 2.71. The third-order valence-corrected chi connectivity index (χ3v) is 4.28. The Hall–Kier alpha value is -3.96. The zero-order valence-corrected chi connectivity index (χ0v) is 16.5. The van der Waals surface area contributed by atoms with Crippen LogP contribution in [0.5, 0.6) is 5.75 Å². The topological polar surface area (TPSA) is 97.3 Å². The van der Waals surface area contributed by atoms with Crippen LogP contribution in [0.4, 0.5) is 28.9 Å². The van der Waals surface area contributed by atoms with E-state index in [4.69, 9.17) is 9.47 Å². The van der Waals surface area contributed by atoms with Crippen LogP contribution in [0.15, 0.2) is 35.4 Å². The number of nitrogens with zero attached hydrogens (tertiary/aromatic N) is 2. The van der Waals surface area contributed by atoms with E-state index in [2.05, 4.69) is 10.4 Å². The molecule has 32 heavy (non-hydrogen) atoms. The molecule has 3 rings (SSSR count). The number of amides is 2. The number of halogens is 4. The van der Waals surface area contributed by atoms with Crippen LogP contribution in [0.1, 0.15) is 12.8 Å². The molecule has 0 saturated carbocycles. The lowest BCUT2D eigenvalue weighted by Crippen LogP contribution is -2.37. The molecule has 0 unspecified atom stereocenters. The Morgan fingerprint density at radius 2 is 1.69 bits per heavy atom. The fraction of sp³-hybridized carbons (Fsp3) is 0.200. The molecule has 168 valence electrons.